The molecular weight excluding hydrogens is 369 g/mol. The number of halogens is 1. The summed E-state index contributed by atoms with van der Waals surface area (Å²) in [6, 6.07) is 5.20. The fourth-order valence-electron chi connectivity index (χ4n) is 4.45. The van der Waals surface area contributed by atoms with Crippen molar-refractivity contribution < 1.29 is 9.18 Å². The quantitative estimate of drug-likeness (QED) is 0.840. The highest BCUT2D eigenvalue weighted by atomic mass is 19.1. The molecule has 0 unspecified atom stereocenters. The van der Waals surface area contributed by atoms with Gasteiger partial charge in [0.2, 0.25) is 5.91 Å². The molecule has 1 saturated heterocycles. The highest BCUT2D eigenvalue weighted by Gasteiger charge is 2.28. The summed E-state index contributed by atoms with van der Waals surface area (Å²) < 4.78 is 15.6. The molecule has 0 bridgehead atoms. The molecule has 0 aliphatic carbocycles. The minimum atomic E-state index is -0.173. The lowest BCUT2D eigenvalue weighted by atomic mass is 9.95. The molecule has 29 heavy (non-hydrogen) atoms. The summed E-state index contributed by atoms with van der Waals surface area (Å²) in [5.74, 6) is 2.63. The summed E-state index contributed by atoms with van der Waals surface area (Å²) in [4.78, 5) is 14.6. The molecule has 1 fully saturated rings. The van der Waals surface area contributed by atoms with E-state index in [2.05, 4.69) is 20.1 Å². The minimum absolute atomic E-state index is 0.173. The Kier molecular flexibility index (Phi) is 6.23. The summed E-state index contributed by atoms with van der Waals surface area (Å²) >= 11 is 0. The smallest absolute Gasteiger partial charge is 0.222 e. The van der Waals surface area contributed by atoms with Crippen molar-refractivity contribution >= 4 is 5.91 Å². The van der Waals surface area contributed by atoms with Crippen molar-refractivity contribution in [3.8, 4) is 0 Å². The van der Waals surface area contributed by atoms with Gasteiger partial charge in [0.15, 0.2) is 0 Å². The van der Waals surface area contributed by atoms with Crippen molar-refractivity contribution in [1.82, 2.24) is 25.0 Å². The zero-order chi connectivity index (χ0) is 20.2. The van der Waals surface area contributed by atoms with Crippen LogP contribution in [0.3, 0.4) is 0 Å². The van der Waals surface area contributed by atoms with Gasteiger partial charge in [-0.25, -0.2) is 4.39 Å². The molecule has 156 valence electrons. The number of amides is 1. The Morgan fingerprint density at radius 3 is 2.83 bits per heavy atom. The van der Waals surface area contributed by atoms with Gasteiger partial charge in [-0.3, -0.25) is 4.79 Å². The summed E-state index contributed by atoms with van der Waals surface area (Å²) in [6.07, 6.45) is 4.99. The fraction of sp³-hybridized carbons (Fsp3) is 0.591. The molecular formula is C22H30FN5O. The summed E-state index contributed by atoms with van der Waals surface area (Å²) in [7, 11) is 0. The number of benzene rings is 1. The predicted molar refractivity (Wildman–Crippen MR) is 109 cm³/mol. The lowest BCUT2D eigenvalue weighted by Gasteiger charge is -2.32. The normalized spacial score (nSPS) is 17.8. The van der Waals surface area contributed by atoms with E-state index in [-0.39, 0.29) is 11.7 Å². The molecule has 2 aliphatic rings. The first-order valence-electron chi connectivity index (χ1n) is 10.8. The van der Waals surface area contributed by atoms with Gasteiger partial charge >= 0.3 is 0 Å². The van der Waals surface area contributed by atoms with Crippen LogP contribution in [0.2, 0.25) is 0 Å². The lowest BCUT2D eigenvalue weighted by Crippen LogP contribution is -2.38. The lowest BCUT2D eigenvalue weighted by molar-refractivity contribution is -0.132. The second-order valence-corrected chi connectivity index (χ2v) is 8.22. The highest BCUT2D eigenvalue weighted by Crippen LogP contribution is 2.28. The van der Waals surface area contributed by atoms with E-state index < -0.39 is 0 Å². The number of carbonyl (C=O) groups excluding carboxylic acids is 1. The van der Waals surface area contributed by atoms with Crippen LogP contribution in [0.25, 0.3) is 0 Å². The van der Waals surface area contributed by atoms with E-state index in [4.69, 9.17) is 0 Å². The van der Waals surface area contributed by atoms with Gasteiger partial charge in [0.05, 0.1) is 0 Å². The monoisotopic (exact) mass is 399 g/mol. The molecule has 3 heterocycles. The zero-order valence-electron chi connectivity index (χ0n) is 17.2. The van der Waals surface area contributed by atoms with Gasteiger partial charge in [-0.1, -0.05) is 12.1 Å². The Bertz CT molecular complexity index is 857. The molecule has 0 saturated carbocycles. The van der Waals surface area contributed by atoms with Crippen LogP contribution in [0.4, 0.5) is 4.39 Å². The standard InChI is InChI=1S/C22H30FN5O/c1-16-15-17(5-6-19(16)23)3-2-4-21(29)27-12-8-18(9-13-27)22-26-25-20-7-10-24-11-14-28(20)22/h5-6,15,18,24H,2-4,7-14H2,1H3. The Labute approximate surface area is 171 Å². The number of hydrogen-bond donors (Lipinski definition) is 1. The number of fused-ring (bicyclic) bond motifs is 1. The van der Waals surface area contributed by atoms with E-state index >= 15 is 0 Å². The number of hydrogen-bond acceptors (Lipinski definition) is 4. The van der Waals surface area contributed by atoms with Gasteiger partial charge < -0.3 is 14.8 Å². The molecule has 2 aromatic rings. The van der Waals surface area contributed by atoms with Crippen LogP contribution in [0, 0.1) is 12.7 Å². The van der Waals surface area contributed by atoms with Crippen molar-refractivity contribution in [2.75, 3.05) is 26.2 Å². The van der Waals surface area contributed by atoms with E-state index in [1.54, 1.807) is 6.92 Å². The molecule has 7 heteroatoms. The maximum atomic E-state index is 13.4. The SMILES string of the molecule is Cc1cc(CCCC(=O)N2CCC(c3nnc4n3CCNCC4)CC2)ccc1F. The third-order valence-corrected chi connectivity index (χ3v) is 6.18. The first-order chi connectivity index (χ1) is 14.1. The van der Waals surface area contributed by atoms with Crippen LogP contribution in [0.1, 0.15) is 54.4 Å². The van der Waals surface area contributed by atoms with Crippen molar-refractivity contribution in [2.24, 2.45) is 0 Å². The molecule has 2 aliphatic heterocycles. The van der Waals surface area contributed by atoms with Crippen LogP contribution in [0.5, 0.6) is 0 Å². The van der Waals surface area contributed by atoms with Crippen molar-refractivity contribution in [1.29, 1.82) is 0 Å². The number of aromatic nitrogens is 3. The van der Waals surface area contributed by atoms with Crippen LogP contribution in [-0.2, 0) is 24.2 Å². The maximum absolute atomic E-state index is 13.4. The van der Waals surface area contributed by atoms with Crippen molar-refractivity contribution in [3.05, 3.63) is 46.8 Å². The molecule has 1 amide bonds. The fourth-order valence-corrected chi connectivity index (χ4v) is 4.45. The highest BCUT2D eigenvalue weighted by molar-refractivity contribution is 5.76. The Morgan fingerprint density at radius 1 is 1.21 bits per heavy atom. The summed E-state index contributed by atoms with van der Waals surface area (Å²) in [5.41, 5.74) is 1.76. The van der Waals surface area contributed by atoms with E-state index in [0.717, 1.165) is 82.0 Å². The molecule has 1 aromatic heterocycles. The van der Waals surface area contributed by atoms with E-state index in [1.165, 1.54) is 6.07 Å². The first kappa shape index (κ1) is 20.0. The van der Waals surface area contributed by atoms with Crippen LogP contribution in [0.15, 0.2) is 18.2 Å². The molecule has 1 N–H and O–H groups in total. The van der Waals surface area contributed by atoms with Gasteiger partial charge in [0.25, 0.3) is 0 Å². The summed E-state index contributed by atoms with van der Waals surface area (Å²) in [5, 5.41) is 12.3. The molecule has 6 nitrogen and oxygen atoms in total. The van der Waals surface area contributed by atoms with Crippen LogP contribution in [-0.4, -0.2) is 51.8 Å². The third kappa shape index (κ3) is 4.66. The van der Waals surface area contributed by atoms with E-state index in [9.17, 15) is 9.18 Å². The Hall–Kier alpha value is -2.28. The van der Waals surface area contributed by atoms with Crippen LogP contribution < -0.4 is 5.32 Å². The summed E-state index contributed by atoms with van der Waals surface area (Å²) in [6.45, 7) is 6.21. The maximum Gasteiger partial charge on any atom is 0.222 e. The number of piperidine rings is 1. The average Bonchev–Trinajstić information content (AvgIpc) is 2.99. The van der Waals surface area contributed by atoms with Gasteiger partial charge in [0, 0.05) is 51.5 Å². The number of likely N-dealkylation sites (tertiary alicyclic amines) is 1. The number of nitrogens with one attached hydrogen (secondary N) is 1. The third-order valence-electron chi connectivity index (χ3n) is 6.18. The van der Waals surface area contributed by atoms with Gasteiger partial charge in [0.1, 0.15) is 17.5 Å². The van der Waals surface area contributed by atoms with Gasteiger partial charge in [-0.15, -0.1) is 10.2 Å². The molecule has 0 spiro atoms. The van der Waals surface area contributed by atoms with Gasteiger partial charge in [-0.05, 0) is 49.8 Å². The number of aryl methyl sites for hydroxylation is 2. The Balaban J connectivity index is 1.25. The molecule has 4 rings (SSSR count). The van der Waals surface area contributed by atoms with E-state index in [0.29, 0.717) is 17.9 Å². The van der Waals surface area contributed by atoms with Crippen LogP contribution >= 0.6 is 0 Å². The number of rotatable bonds is 5. The number of nitrogens with zero attached hydrogens (tertiary/aromatic N) is 4. The van der Waals surface area contributed by atoms with Gasteiger partial charge in [-0.2, -0.15) is 0 Å². The minimum Gasteiger partial charge on any atom is -0.343 e. The second-order valence-electron chi connectivity index (χ2n) is 8.22. The van der Waals surface area contributed by atoms with Crippen molar-refractivity contribution in [3.63, 3.8) is 0 Å². The molecule has 0 radical (unpaired) electrons. The molecule has 1 aromatic carbocycles. The second kappa shape index (κ2) is 9.03. The largest absolute Gasteiger partial charge is 0.343 e. The number of carbonyl (C=O) groups is 1. The van der Waals surface area contributed by atoms with E-state index in [1.807, 2.05) is 17.0 Å². The first-order valence-corrected chi connectivity index (χ1v) is 10.8. The van der Waals surface area contributed by atoms with Crippen molar-refractivity contribution in [2.45, 2.75) is 57.9 Å². The topological polar surface area (TPSA) is 63.1 Å². The Morgan fingerprint density at radius 2 is 2.03 bits per heavy atom. The predicted octanol–water partition coefficient (Wildman–Crippen LogP) is 2.60. The zero-order valence-corrected chi connectivity index (χ0v) is 17.2. The molecule has 0 atom stereocenters. The average molecular weight is 400 g/mol.